The Hall–Kier alpha value is -1.43. The maximum absolute atomic E-state index is 13.1. The topological polar surface area (TPSA) is 44.8 Å². The number of morpholine rings is 1. The van der Waals surface area contributed by atoms with Crippen LogP contribution in [0.25, 0.3) is 0 Å². The number of benzene rings is 1. The van der Waals surface area contributed by atoms with Crippen molar-refractivity contribution in [3.63, 3.8) is 0 Å². The van der Waals surface area contributed by atoms with E-state index in [4.69, 9.17) is 4.74 Å². The Morgan fingerprint density at radius 2 is 2.00 bits per heavy atom. The second kappa shape index (κ2) is 7.21. The summed E-state index contributed by atoms with van der Waals surface area (Å²) in [6.45, 7) is 5.09. The molecule has 0 aromatic heterocycles. The fourth-order valence-corrected chi connectivity index (χ4v) is 4.35. The van der Waals surface area contributed by atoms with Crippen molar-refractivity contribution in [2.75, 3.05) is 32.8 Å². The summed E-state index contributed by atoms with van der Waals surface area (Å²) in [5.74, 6) is 0.212. The minimum atomic E-state index is -0.302. The van der Waals surface area contributed by atoms with Crippen LogP contribution in [0.4, 0.5) is 0 Å². The number of rotatable bonds is 3. The zero-order chi connectivity index (χ0) is 16.4. The number of hydrogen-bond acceptors (Lipinski definition) is 4. The van der Waals surface area contributed by atoms with E-state index < -0.39 is 0 Å². The molecule has 4 rings (SSSR count). The number of fused-ring (bicyclic) bond motifs is 2. The molecular weight excluding hydrogens is 302 g/mol. The minimum Gasteiger partial charge on any atom is -0.366 e. The van der Waals surface area contributed by atoms with E-state index in [-0.39, 0.29) is 12.0 Å². The molecule has 5 heteroatoms. The Morgan fingerprint density at radius 3 is 2.88 bits per heavy atom. The van der Waals surface area contributed by atoms with E-state index >= 15 is 0 Å². The van der Waals surface area contributed by atoms with Crippen LogP contribution in [0.2, 0.25) is 0 Å². The van der Waals surface area contributed by atoms with Gasteiger partial charge in [-0.3, -0.25) is 9.69 Å². The summed E-state index contributed by atoms with van der Waals surface area (Å²) in [5, 5.41) is 3.46. The van der Waals surface area contributed by atoms with Crippen molar-refractivity contribution >= 4 is 5.91 Å². The number of nitrogens with one attached hydrogen (secondary N) is 1. The van der Waals surface area contributed by atoms with Crippen LogP contribution in [0.5, 0.6) is 0 Å². The monoisotopic (exact) mass is 329 g/mol. The van der Waals surface area contributed by atoms with E-state index in [2.05, 4.69) is 39.4 Å². The van der Waals surface area contributed by atoms with Crippen LogP contribution in [-0.2, 0) is 16.1 Å². The largest absolute Gasteiger partial charge is 0.366 e. The maximum atomic E-state index is 13.1. The molecule has 3 heterocycles. The first kappa shape index (κ1) is 16.1. The second-order valence-corrected chi connectivity index (χ2v) is 7.20. The minimum absolute atomic E-state index is 0.212. The van der Waals surface area contributed by atoms with E-state index in [1.165, 1.54) is 5.56 Å². The second-order valence-electron chi connectivity index (χ2n) is 7.20. The molecule has 3 unspecified atom stereocenters. The molecule has 5 nitrogen and oxygen atoms in total. The molecule has 2 bridgehead atoms. The molecule has 130 valence electrons. The van der Waals surface area contributed by atoms with Gasteiger partial charge in [0.2, 0.25) is 0 Å². The van der Waals surface area contributed by atoms with Gasteiger partial charge in [0.15, 0.2) is 0 Å². The quantitative estimate of drug-likeness (QED) is 0.906. The number of carbonyl (C=O) groups excluding carboxylic acids is 1. The van der Waals surface area contributed by atoms with Crippen LogP contribution in [0.1, 0.15) is 24.8 Å². The van der Waals surface area contributed by atoms with Gasteiger partial charge >= 0.3 is 0 Å². The Bertz CT molecular complexity index is 551. The molecule has 3 fully saturated rings. The lowest BCUT2D eigenvalue weighted by Gasteiger charge is -2.37. The van der Waals surface area contributed by atoms with E-state index in [0.717, 1.165) is 45.4 Å². The molecule has 3 saturated heterocycles. The van der Waals surface area contributed by atoms with Crippen LogP contribution in [0, 0.1) is 0 Å². The SMILES string of the molecule is O=C(C1CN(Cc2ccccc2)CCO1)N1C2CCNCC1CC2. The van der Waals surface area contributed by atoms with E-state index in [0.29, 0.717) is 25.2 Å². The molecule has 0 aliphatic carbocycles. The van der Waals surface area contributed by atoms with Gasteiger partial charge in [-0.25, -0.2) is 0 Å². The summed E-state index contributed by atoms with van der Waals surface area (Å²) in [6, 6.07) is 11.2. The van der Waals surface area contributed by atoms with Crippen molar-refractivity contribution in [3.8, 4) is 0 Å². The molecule has 3 aliphatic heterocycles. The number of nitrogens with zero attached hydrogens (tertiary/aromatic N) is 2. The van der Waals surface area contributed by atoms with Gasteiger partial charge in [-0.2, -0.15) is 0 Å². The zero-order valence-corrected chi connectivity index (χ0v) is 14.2. The third kappa shape index (κ3) is 3.34. The van der Waals surface area contributed by atoms with Crippen molar-refractivity contribution in [2.45, 2.75) is 44.0 Å². The first-order valence-corrected chi connectivity index (χ1v) is 9.22. The molecule has 0 saturated carbocycles. The van der Waals surface area contributed by atoms with Gasteiger partial charge < -0.3 is 15.0 Å². The molecule has 1 amide bonds. The normalized spacial score (nSPS) is 31.0. The van der Waals surface area contributed by atoms with E-state index in [1.807, 2.05) is 6.07 Å². The lowest BCUT2D eigenvalue weighted by molar-refractivity contribution is -0.152. The average molecular weight is 329 g/mol. The maximum Gasteiger partial charge on any atom is 0.253 e. The summed E-state index contributed by atoms with van der Waals surface area (Å²) in [7, 11) is 0. The molecular formula is C19H27N3O2. The third-order valence-electron chi connectivity index (χ3n) is 5.58. The van der Waals surface area contributed by atoms with Crippen LogP contribution >= 0.6 is 0 Å². The van der Waals surface area contributed by atoms with Crippen molar-refractivity contribution in [1.82, 2.24) is 15.1 Å². The Labute approximate surface area is 144 Å². The van der Waals surface area contributed by atoms with Gasteiger partial charge in [-0.15, -0.1) is 0 Å². The van der Waals surface area contributed by atoms with Crippen LogP contribution in [-0.4, -0.2) is 66.7 Å². The molecule has 3 atom stereocenters. The van der Waals surface area contributed by atoms with Crippen molar-refractivity contribution in [2.24, 2.45) is 0 Å². The van der Waals surface area contributed by atoms with Gasteiger partial charge in [0.05, 0.1) is 6.61 Å². The number of hydrogen-bond donors (Lipinski definition) is 1. The fraction of sp³-hybridized carbons (Fsp3) is 0.632. The molecule has 0 spiro atoms. The highest BCUT2D eigenvalue weighted by molar-refractivity contribution is 5.82. The first-order valence-electron chi connectivity index (χ1n) is 9.22. The Morgan fingerprint density at radius 1 is 1.17 bits per heavy atom. The van der Waals surface area contributed by atoms with Gasteiger partial charge in [0.1, 0.15) is 6.10 Å². The third-order valence-corrected chi connectivity index (χ3v) is 5.58. The Balaban J connectivity index is 1.41. The van der Waals surface area contributed by atoms with E-state index in [1.54, 1.807) is 0 Å². The smallest absolute Gasteiger partial charge is 0.253 e. The highest BCUT2D eigenvalue weighted by Crippen LogP contribution is 2.29. The van der Waals surface area contributed by atoms with Crippen molar-refractivity contribution in [1.29, 1.82) is 0 Å². The molecule has 1 N–H and O–H groups in total. The van der Waals surface area contributed by atoms with Crippen LogP contribution in [0.15, 0.2) is 30.3 Å². The van der Waals surface area contributed by atoms with Gasteiger partial charge in [0, 0.05) is 38.3 Å². The van der Waals surface area contributed by atoms with Gasteiger partial charge in [-0.05, 0) is 31.4 Å². The molecule has 3 aliphatic rings. The van der Waals surface area contributed by atoms with Crippen molar-refractivity contribution in [3.05, 3.63) is 35.9 Å². The molecule has 24 heavy (non-hydrogen) atoms. The molecule has 0 radical (unpaired) electrons. The summed E-state index contributed by atoms with van der Waals surface area (Å²) in [5.41, 5.74) is 1.30. The predicted molar refractivity (Wildman–Crippen MR) is 92.6 cm³/mol. The number of ether oxygens (including phenoxy) is 1. The highest BCUT2D eigenvalue weighted by atomic mass is 16.5. The fourth-order valence-electron chi connectivity index (χ4n) is 4.35. The standard InChI is InChI=1S/C19H27N3O2/c23-19(22-16-6-7-17(22)12-20-9-8-16)18-14-21(10-11-24-18)13-15-4-2-1-3-5-15/h1-5,16-18,20H,6-14H2. The highest BCUT2D eigenvalue weighted by Gasteiger charge is 2.41. The number of amides is 1. The Kier molecular flexibility index (Phi) is 4.83. The molecule has 1 aromatic carbocycles. The lowest BCUT2D eigenvalue weighted by Crippen LogP contribution is -2.54. The zero-order valence-electron chi connectivity index (χ0n) is 14.2. The van der Waals surface area contributed by atoms with Crippen molar-refractivity contribution < 1.29 is 9.53 Å². The van der Waals surface area contributed by atoms with Gasteiger partial charge in [-0.1, -0.05) is 30.3 Å². The average Bonchev–Trinajstić information content (AvgIpc) is 2.88. The number of carbonyl (C=O) groups is 1. The summed E-state index contributed by atoms with van der Waals surface area (Å²) < 4.78 is 5.87. The van der Waals surface area contributed by atoms with E-state index in [9.17, 15) is 4.79 Å². The summed E-state index contributed by atoms with van der Waals surface area (Å²) >= 11 is 0. The summed E-state index contributed by atoms with van der Waals surface area (Å²) in [4.78, 5) is 17.6. The summed E-state index contributed by atoms with van der Waals surface area (Å²) in [6.07, 6.45) is 3.05. The lowest BCUT2D eigenvalue weighted by atomic mass is 10.1. The molecule has 1 aromatic rings. The predicted octanol–water partition coefficient (Wildman–Crippen LogP) is 1.24. The van der Waals surface area contributed by atoms with Gasteiger partial charge in [0.25, 0.3) is 5.91 Å². The first-order chi connectivity index (χ1) is 11.8. The van der Waals surface area contributed by atoms with Crippen LogP contribution in [0.3, 0.4) is 0 Å². The van der Waals surface area contributed by atoms with Crippen LogP contribution < -0.4 is 5.32 Å².